The largest absolute Gasteiger partial charge is 0.336 e. The van der Waals surface area contributed by atoms with Crippen LogP contribution in [-0.4, -0.2) is 55.1 Å². The van der Waals surface area contributed by atoms with Gasteiger partial charge in [0, 0.05) is 29.7 Å². The fourth-order valence-corrected chi connectivity index (χ4v) is 3.48. The molecule has 1 fully saturated rings. The van der Waals surface area contributed by atoms with Crippen LogP contribution in [0, 0.1) is 0 Å². The highest BCUT2D eigenvalue weighted by Crippen LogP contribution is 2.23. The van der Waals surface area contributed by atoms with Gasteiger partial charge in [-0.05, 0) is 63.7 Å². The second-order valence-corrected chi connectivity index (χ2v) is 7.51. The number of benzene rings is 1. The molecule has 0 unspecified atom stereocenters. The maximum Gasteiger partial charge on any atom is 0.315 e. The van der Waals surface area contributed by atoms with Crippen molar-refractivity contribution < 1.29 is 9.59 Å². The molecule has 1 aliphatic rings. The predicted octanol–water partition coefficient (Wildman–Crippen LogP) is 3.26. The van der Waals surface area contributed by atoms with Gasteiger partial charge in [-0.3, -0.25) is 4.79 Å². The third-order valence-electron chi connectivity index (χ3n) is 4.98. The number of anilines is 1. The number of hydrogen-bond acceptors (Lipinski definition) is 3. The number of nitrogens with zero attached hydrogens (tertiary/aromatic N) is 2. The van der Waals surface area contributed by atoms with Crippen LogP contribution < -0.4 is 15.5 Å². The van der Waals surface area contributed by atoms with Gasteiger partial charge < -0.3 is 20.4 Å². The van der Waals surface area contributed by atoms with Crippen molar-refractivity contribution in [2.45, 2.75) is 52.1 Å². The highest BCUT2D eigenvalue weighted by atomic mass is 35.5. The summed E-state index contributed by atoms with van der Waals surface area (Å²) in [5, 5.41) is 6.54. The predicted molar refractivity (Wildman–Crippen MR) is 110 cm³/mol. The average molecular weight is 395 g/mol. The number of nitrogens with one attached hydrogen (secondary N) is 2. The van der Waals surface area contributed by atoms with E-state index >= 15 is 0 Å². The molecular weight excluding hydrogens is 364 g/mol. The number of rotatable bonds is 9. The highest BCUT2D eigenvalue weighted by Gasteiger charge is 2.31. The molecular formula is C20H31ClN4O2. The van der Waals surface area contributed by atoms with Gasteiger partial charge in [0.15, 0.2) is 0 Å². The SMILES string of the molecule is CCN(CC)CCC[C@H](C)NC(=O)N[C@H]1CC(=O)N(c2ccc(Cl)cc2)C1. The molecule has 0 saturated carbocycles. The quantitative estimate of drug-likeness (QED) is 0.675. The Hall–Kier alpha value is -1.79. The molecule has 1 aromatic carbocycles. The van der Waals surface area contributed by atoms with Crippen LogP contribution in [0.25, 0.3) is 0 Å². The molecule has 1 aliphatic heterocycles. The lowest BCUT2D eigenvalue weighted by Gasteiger charge is -2.21. The summed E-state index contributed by atoms with van der Waals surface area (Å²) in [6, 6.07) is 6.87. The van der Waals surface area contributed by atoms with E-state index in [-0.39, 0.29) is 24.0 Å². The molecule has 0 radical (unpaired) electrons. The lowest BCUT2D eigenvalue weighted by Crippen LogP contribution is -2.46. The summed E-state index contributed by atoms with van der Waals surface area (Å²) < 4.78 is 0. The Kier molecular flexibility index (Phi) is 8.38. The zero-order valence-corrected chi connectivity index (χ0v) is 17.3. The van der Waals surface area contributed by atoms with Gasteiger partial charge in [0.25, 0.3) is 0 Å². The lowest BCUT2D eigenvalue weighted by molar-refractivity contribution is -0.117. The van der Waals surface area contributed by atoms with Gasteiger partial charge in [0.05, 0.1) is 6.04 Å². The van der Waals surface area contributed by atoms with Crippen LogP contribution >= 0.6 is 11.6 Å². The summed E-state index contributed by atoms with van der Waals surface area (Å²) in [6.07, 6.45) is 2.30. The van der Waals surface area contributed by atoms with Gasteiger partial charge in [0.1, 0.15) is 0 Å². The molecule has 0 aliphatic carbocycles. The maximum atomic E-state index is 12.3. The number of hydrogen-bond donors (Lipinski definition) is 2. The molecule has 2 atom stereocenters. The first kappa shape index (κ1) is 21.5. The van der Waals surface area contributed by atoms with E-state index in [1.54, 1.807) is 17.0 Å². The fourth-order valence-electron chi connectivity index (χ4n) is 3.36. The highest BCUT2D eigenvalue weighted by molar-refractivity contribution is 6.30. The van der Waals surface area contributed by atoms with Crippen LogP contribution in [0.1, 0.15) is 40.0 Å². The Morgan fingerprint density at radius 3 is 2.59 bits per heavy atom. The van der Waals surface area contributed by atoms with Gasteiger partial charge in [-0.15, -0.1) is 0 Å². The summed E-state index contributed by atoms with van der Waals surface area (Å²) in [4.78, 5) is 28.6. The van der Waals surface area contributed by atoms with Crippen LogP contribution in [0.15, 0.2) is 24.3 Å². The molecule has 6 nitrogen and oxygen atoms in total. The van der Waals surface area contributed by atoms with Gasteiger partial charge in [0.2, 0.25) is 5.91 Å². The number of amides is 3. The minimum atomic E-state index is -0.207. The third kappa shape index (κ3) is 6.70. The Labute approximate surface area is 167 Å². The second-order valence-electron chi connectivity index (χ2n) is 7.07. The summed E-state index contributed by atoms with van der Waals surface area (Å²) in [5.74, 6) is 0.00916. The summed E-state index contributed by atoms with van der Waals surface area (Å²) in [6.45, 7) is 9.97. The molecule has 0 bridgehead atoms. The van der Waals surface area contributed by atoms with Gasteiger partial charge in [-0.2, -0.15) is 0 Å². The molecule has 0 spiro atoms. The van der Waals surface area contributed by atoms with E-state index in [0.29, 0.717) is 18.0 Å². The summed E-state index contributed by atoms with van der Waals surface area (Å²) in [7, 11) is 0. The molecule has 1 heterocycles. The van der Waals surface area contributed by atoms with Crippen molar-refractivity contribution in [3.63, 3.8) is 0 Å². The first-order chi connectivity index (χ1) is 12.9. The number of carbonyl (C=O) groups excluding carboxylic acids is 2. The maximum absolute atomic E-state index is 12.3. The molecule has 150 valence electrons. The van der Waals surface area contributed by atoms with Crippen molar-refractivity contribution in [2.75, 3.05) is 31.1 Å². The Morgan fingerprint density at radius 1 is 1.30 bits per heavy atom. The molecule has 2 rings (SSSR count). The molecule has 2 N–H and O–H groups in total. The third-order valence-corrected chi connectivity index (χ3v) is 5.23. The van der Waals surface area contributed by atoms with Crippen LogP contribution in [0.2, 0.25) is 5.02 Å². The fraction of sp³-hybridized carbons (Fsp3) is 0.600. The van der Waals surface area contributed by atoms with Crippen molar-refractivity contribution in [3.05, 3.63) is 29.3 Å². The van der Waals surface area contributed by atoms with E-state index in [2.05, 4.69) is 29.4 Å². The lowest BCUT2D eigenvalue weighted by atomic mass is 10.2. The van der Waals surface area contributed by atoms with Gasteiger partial charge in [-0.25, -0.2) is 4.79 Å². The van der Waals surface area contributed by atoms with Crippen molar-refractivity contribution in [3.8, 4) is 0 Å². The standard InChI is InChI=1S/C20H31ClN4O2/c1-4-24(5-2)12-6-7-15(3)22-20(27)23-17-13-19(26)25(14-17)18-10-8-16(21)9-11-18/h8-11,15,17H,4-7,12-14H2,1-3H3,(H2,22,23,27)/t15-,17-/m0/s1. The Bertz CT molecular complexity index is 619. The Balaban J connectivity index is 1.74. The smallest absolute Gasteiger partial charge is 0.315 e. The molecule has 0 aromatic heterocycles. The number of urea groups is 1. The average Bonchev–Trinajstić information content (AvgIpc) is 2.99. The van der Waals surface area contributed by atoms with E-state index < -0.39 is 0 Å². The first-order valence-electron chi connectivity index (χ1n) is 9.78. The van der Waals surface area contributed by atoms with E-state index in [4.69, 9.17) is 11.6 Å². The monoisotopic (exact) mass is 394 g/mol. The van der Waals surface area contributed by atoms with E-state index in [1.807, 2.05) is 19.1 Å². The molecule has 1 aromatic rings. The molecule has 27 heavy (non-hydrogen) atoms. The minimum absolute atomic E-state index is 0.00916. The summed E-state index contributed by atoms with van der Waals surface area (Å²) in [5.41, 5.74) is 0.805. The van der Waals surface area contributed by atoms with E-state index in [0.717, 1.165) is 38.2 Å². The second kappa shape index (κ2) is 10.5. The van der Waals surface area contributed by atoms with Crippen LogP contribution in [-0.2, 0) is 4.79 Å². The van der Waals surface area contributed by atoms with Gasteiger partial charge in [-0.1, -0.05) is 25.4 Å². The zero-order valence-electron chi connectivity index (χ0n) is 16.5. The van der Waals surface area contributed by atoms with Crippen molar-refractivity contribution in [1.82, 2.24) is 15.5 Å². The molecule has 7 heteroatoms. The first-order valence-corrected chi connectivity index (χ1v) is 10.2. The minimum Gasteiger partial charge on any atom is -0.336 e. The van der Waals surface area contributed by atoms with Crippen molar-refractivity contribution in [1.29, 1.82) is 0 Å². The number of halogens is 1. The van der Waals surface area contributed by atoms with Crippen LogP contribution in [0.3, 0.4) is 0 Å². The van der Waals surface area contributed by atoms with Gasteiger partial charge >= 0.3 is 6.03 Å². The van der Waals surface area contributed by atoms with Crippen molar-refractivity contribution >= 4 is 29.2 Å². The van der Waals surface area contributed by atoms with Crippen LogP contribution in [0.5, 0.6) is 0 Å². The van der Waals surface area contributed by atoms with Crippen molar-refractivity contribution in [2.24, 2.45) is 0 Å². The zero-order chi connectivity index (χ0) is 19.8. The topological polar surface area (TPSA) is 64.7 Å². The van der Waals surface area contributed by atoms with E-state index in [9.17, 15) is 9.59 Å². The summed E-state index contributed by atoms with van der Waals surface area (Å²) >= 11 is 5.90. The Morgan fingerprint density at radius 2 is 1.96 bits per heavy atom. The molecule has 3 amide bonds. The van der Waals surface area contributed by atoms with Crippen LogP contribution in [0.4, 0.5) is 10.5 Å². The number of carbonyl (C=O) groups is 2. The van der Waals surface area contributed by atoms with E-state index in [1.165, 1.54) is 0 Å². The molecule has 1 saturated heterocycles. The normalized spacial score (nSPS) is 18.0.